The van der Waals surface area contributed by atoms with Gasteiger partial charge in [-0.2, -0.15) is 0 Å². The highest BCUT2D eigenvalue weighted by Gasteiger charge is 2.49. The fourth-order valence-corrected chi connectivity index (χ4v) is 15.4. The van der Waals surface area contributed by atoms with E-state index < -0.39 is 18.1 Å². The minimum atomic E-state index is -0.794. The summed E-state index contributed by atoms with van der Waals surface area (Å²) in [7, 11) is 0. The predicted molar refractivity (Wildman–Crippen MR) is 326 cm³/mol. The number of phenols is 1. The number of ether oxygens (including phenoxy) is 2. The Morgan fingerprint density at radius 2 is 1.56 bits per heavy atom. The van der Waals surface area contributed by atoms with Crippen LogP contribution in [0.4, 0.5) is 17.3 Å². The number of anilines is 3. The largest absolute Gasteiger partial charge is 0.507 e. The number of hydrogen-bond acceptors (Lipinski definition) is 18. The Labute approximate surface area is 499 Å². The number of phenolic OH excluding ortho intramolecular Hbond substituents is 1. The molecule has 19 nitrogen and oxygen atoms in total. The zero-order valence-corrected chi connectivity index (χ0v) is 50.7. The van der Waals surface area contributed by atoms with Gasteiger partial charge in [0, 0.05) is 103 Å². The van der Waals surface area contributed by atoms with Crippen LogP contribution in [-0.2, 0) is 19.1 Å². The molecule has 4 atom stereocenters. The molecule has 9 heterocycles. The quantitative estimate of drug-likeness (QED) is 0.0623. The van der Waals surface area contributed by atoms with Gasteiger partial charge in [-0.05, 0) is 132 Å². The number of carbonyl (C=O) groups excluding carboxylic acids is 2. The molecular formula is C64H88N12O7S. The summed E-state index contributed by atoms with van der Waals surface area (Å²) in [5.41, 5.74) is 7.07. The van der Waals surface area contributed by atoms with E-state index in [0.717, 1.165) is 155 Å². The number of nitrogens with zero attached hydrogens (tertiary/aromatic N) is 10. The Morgan fingerprint density at radius 1 is 0.833 bits per heavy atom. The molecule has 6 aliphatic heterocycles. The molecule has 3 aromatic heterocycles. The molecule has 20 heteroatoms. The zero-order chi connectivity index (χ0) is 58.1. The average molecular weight is 1170 g/mol. The van der Waals surface area contributed by atoms with E-state index in [2.05, 4.69) is 80.6 Å². The smallest absolute Gasteiger partial charge is 0.243 e. The second kappa shape index (κ2) is 25.7. The number of aryl methyl sites for hydroxylation is 1. The average Bonchev–Trinajstić information content (AvgIpc) is 4.39. The summed E-state index contributed by atoms with van der Waals surface area (Å²) in [5.74, 6) is 2.31. The molecule has 1 saturated carbocycles. The molecule has 6 saturated heterocycles. The van der Waals surface area contributed by atoms with Crippen LogP contribution in [0.2, 0.25) is 0 Å². The molecule has 5 aromatic rings. The highest BCUT2D eigenvalue weighted by molar-refractivity contribution is 7.13. The molecule has 2 amide bonds. The van der Waals surface area contributed by atoms with E-state index in [0.29, 0.717) is 47.8 Å². The SMILES string of the molecule is CCNc1nnc(-c2ccccc2O)cc1N1CCOC2(CN(CC3CCN(C4CC(OC5CCN(CC6CCN(c7cc([C@H](C(=O)N8C[C@H](O)C[C@H]8C(=O)N[C@@H](C)c8ccc(-c9scnc9C)cc8)C(C)C)on7)CC6)CC5)C4)CC3)C2)C1. The van der Waals surface area contributed by atoms with Crippen LogP contribution < -0.4 is 20.4 Å². The molecule has 0 unspecified atom stereocenters. The van der Waals surface area contributed by atoms with Crippen molar-refractivity contribution in [1.82, 2.24) is 45.3 Å². The summed E-state index contributed by atoms with van der Waals surface area (Å²) < 4.78 is 19.2. The number of para-hydroxylation sites is 1. The van der Waals surface area contributed by atoms with Crippen molar-refractivity contribution in [2.24, 2.45) is 17.8 Å². The first-order valence-electron chi connectivity index (χ1n) is 31.4. The van der Waals surface area contributed by atoms with E-state index in [1.807, 2.05) is 69.6 Å². The van der Waals surface area contributed by atoms with Crippen molar-refractivity contribution in [3.63, 3.8) is 0 Å². The number of nitrogens with one attached hydrogen (secondary N) is 2. The number of hydrogen-bond donors (Lipinski definition) is 4. The monoisotopic (exact) mass is 1170 g/mol. The molecule has 0 radical (unpaired) electrons. The van der Waals surface area contributed by atoms with Crippen LogP contribution >= 0.6 is 11.3 Å². The standard InChI is InChI=1S/C64H88N12O7S/c1-6-65-61-54(32-53(68-69-61)52-9-7-8-10-56(52)78)75-27-28-81-64(39-75)37-72(38-64)35-45-15-23-73(24-16-45)48-29-51(30-48)82-50-19-21-71(22-20-50)34-44-17-25-74(26-18-44)58-33-57(83-70-58)59(41(2)3)63(80)76-36-49(77)31-55(76)62(79)67-42(4)46-11-13-47(14-12-46)60-43(5)66-40-84-60/h7-14,32-33,40-42,44-45,48-51,55,59,77-78H,6,15-31,34-39H2,1-5H3,(H,65,69)(H,67,79)/t42-,48?,49+,51?,55-,59+/m0/s1. The number of carbonyl (C=O) groups is 2. The fourth-order valence-electron chi connectivity index (χ4n) is 14.6. The lowest BCUT2D eigenvalue weighted by atomic mass is 9.84. The number of rotatable bonds is 19. The van der Waals surface area contributed by atoms with E-state index in [-0.39, 0.29) is 48.1 Å². The topological polar surface area (TPSA) is 201 Å². The van der Waals surface area contributed by atoms with Crippen LogP contribution in [0, 0.1) is 24.7 Å². The summed E-state index contributed by atoms with van der Waals surface area (Å²) >= 11 is 1.61. The van der Waals surface area contributed by atoms with Gasteiger partial charge in [0.2, 0.25) is 11.8 Å². The lowest BCUT2D eigenvalue weighted by Crippen LogP contribution is -2.70. The van der Waals surface area contributed by atoms with E-state index >= 15 is 0 Å². The van der Waals surface area contributed by atoms with Gasteiger partial charge in [-0.1, -0.05) is 55.4 Å². The maximum absolute atomic E-state index is 14.4. The van der Waals surface area contributed by atoms with Crippen molar-refractivity contribution in [1.29, 1.82) is 0 Å². The van der Waals surface area contributed by atoms with E-state index in [1.165, 1.54) is 25.9 Å². The van der Waals surface area contributed by atoms with Gasteiger partial charge in [0.1, 0.15) is 23.3 Å². The van der Waals surface area contributed by atoms with Gasteiger partial charge >= 0.3 is 0 Å². The number of aliphatic hydroxyl groups is 1. The van der Waals surface area contributed by atoms with Gasteiger partial charge in [-0.15, -0.1) is 21.5 Å². The van der Waals surface area contributed by atoms with Crippen molar-refractivity contribution in [2.45, 2.75) is 140 Å². The van der Waals surface area contributed by atoms with Crippen LogP contribution in [0.25, 0.3) is 21.7 Å². The first-order chi connectivity index (χ1) is 40.7. The first kappa shape index (κ1) is 58.6. The Morgan fingerprint density at radius 3 is 2.26 bits per heavy atom. The number of piperidine rings is 3. The van der Waals surface area contributed by atoms with Crippen molar-refractivity contribution >= 4 is 40.5 Å². The number of thiazole rings is 1. The summed E-state index contributed by atoms with van der Waals surface area (Å²) in [6.45, 7) is 23.6. The molecule has 1 spiro atoms. The van der Waals surface area contributed by atoms with E-state index in [9.17, 15) is 19.8 Å². The Kier molecular flexibility index (Phi) is 17.9. The van der Waals surface area contributed by atoms with Crippen molar-refractivity contribution in [3.8, 4) is 27.4 Å². The second-order valence-corrected chi connectivity index (χ2v) is 26.6. The van der Waals surface area contributed by atoms with Crippen LogP contribution in [0.1, 0.15) is 114 Å². The molecule has 84 heavy (non-hydrogen) atoms. The number of amides is 2. The number of morpholine rings is 1. The molecule has 452 valence electrons. The third-order valence-electron chi connectivity index (χ3n) is 19.4. The summed E-state index contributed by atoms with van der Waals surface area (Å²) in [6, 6.07) is 19.0. The zero-order valence-electron chi connectivity index (χ0n) is 49.9. The summed E-state index contributed by atoms with van der Waals surface area (Å²) in [5, 5.41) is 41.4. The molecule has 7 fully saturated rings. The normalized spacial score (nSPS) is 24.8. The summed E-state index contributed by atoms with van der Waals surface area (Å²) in [6.07, 6.45) is 9.33. The number of aliphatic hydroxyl groups excluding tert-OH is 1. The Balaban J connectivity index is 0.534. The first-order valence-corrected chi connectivity index (χ1v) is 32.3. The van der Waals surface area contributed by atoms with Gasteiger partial charge in [0.15, 0.2) is 17.4 Å². The number of β-amino-alcohol motifs (C(OH)–C–C–N with tert-alkyl or cyclic N) is 1. The maximum Gasteiger partial charge on any atom is 0.243 e. The highest BCUT2D eigenvalue weighted by atomic mass is 32.1. The fraction of sp³-hybridized carbons (Fsp3) is 0.625. The third kappa shape index (κ3) is 13.0. The molecule has 4 N–H and O–H groups in total. The van der Waals surface area contributed by atoms with Crippen molar-refractivity contribution in [3.05, 3.63) is 83.2 Å². The van der Waals surface area contributed by atoms with Crippen LogP contribution in [0.15, 0.2) is 70.7 Å². The molecule has 0 bridgehead atoms. The van der Waals surface area contributed by atoms with Crippen LogP contribution in [0.5, 0.6) is 5.75 Å². The summed E-state index contributed by atoms with van der Waals surface area (Å²) in [4.78, 5) is 48.0. The molecule has 1 aliphatic carbocycles. The number of benzene rings is 2. The Bertz CT molecular complexity index is 3010. The predicted octanol–water partition coefficient (Wildman–Crippen LogP) is 7.81. The van der Waals surface area contributed by atoms with Gasteiger partial charge in [-0.25, -0.2) is 4.98 Å². The number of aromatic hydroxyl groups is 1. The minimum absolute atomic E-state index is 0.0942. The van der Waals surface area contributed by atoms with E-state index in [1.54, 1.807) is 22.3 Å². The van der Waals surface area contributed by atoms with Gasteiger partial charge in [-0.3, -0.25) is 14.5 Å². The lowest BCUT2D eigenvalue weighted by Gasteiger charge is -2.55. The molecule has 12 rings (SSSR count). The second-order valence-electron chi connectivity index (χ2n) is 25.8. The van der Waals surface area contributed by atoms with Gasteiger partial charge in [0.05, 0.1) is 58.4 Å². The molecule has 2 aromatic carbocycles. The highest BCUT2D eigenvalue weighted by Crippen LogP contribution is 2.40. The maximum atomic E-state index is 14.4. The van der Waals surface area contributed by atoms with Crippen molar-refractivity contribution in [2.75, 3.05) is 113 Å². The van der Waals surface area contributed by atoms with E-state index in [4.69, 9.17) is 14.0 Å². The third-order valence-corrected chi connectivity index (χ3v) is 20.4. The number of likely N-dealkylation sites (tertiary alicyclic amines) is 4. The molecular weight excluding hydrogens is 1080 g/mol. The van der Waals surface area contributed by atoms with Gasteiger partial charge in [0.25, 0.3) is 0 Å². The van der Waals surface area contributed by atoms with Crippen LogP contribution in [-0.4, -0.2) is 196 Å². The van der Waals surface area contributed by atoms with Gasteiger partial charge < -0.3 is 59.3 Å². The van der Waals surface area contributed by atoms with Crippen molar-refractivity contribution < 1.29 is 33.8 Å². The lowest BCUT2D eigenvalue weighted by molar-refractivity contribution is -0.153. The number of aromatic nitrogens is 4. The molecule has 7 aliphatic rings. The van der Waals surface area contributed by atoms with Crippen LogP contribution in [0.3, 0.4) is 0 Å². The Hall–Kier alpha value is -5.74. The minimum Gasteiger partial charge on any atom is -0.507 e.